The third-order valence-electron chi connectivity index (χ3n) is 4.45. The number of methoxy groups -OCH3 is 1. The summed E-state index contributed by atoms with van der Waals surface area (Å²) < 4.78 is 17.1. The van der Waals surface area contributed by atoms with E-state index in [-0.39, 0.29) is 18.2 Å². The Morgan fingerprint density at radius 2 is 1.96 bits per heavy atom. The molecule has 1 aromatic rings. The summed E-state index contributed by atoms with van der Waals surface area (Å²) in [5.41, 5.74) is -0.159. The summed E-state index contributed by atoms with van der Waals surface area (Å²) >= 11 is 5.96. The maximum atomic E-state index is 12.7. The average molecular weight is 384 g/mol. The van der Waals surface area contributed by atoms with E-state index in [2.05, 4.69) is 0 Å². The van der Waals surface area contributed by atoms with E-state index < -0.39 is 11.3 Å². The monoisotopic (exact) mass is 383 g/mol. The maximum absolute atomic E-state index is 12.7. The number of benzene rings is 1. The van der Waals surface area contributed by atoms with Gasteiger partial charge in [-0.3, -0.25) is 4.90 Å². The molecule has 1 aliphatic heterocycles. The number of amides is 1. The molecule has 1 unspecified atom stereocenters. The molecule has 26 heavy (non-hydrogen) atoms. The van der Waals surface area contributed by atoms with Gasteiger partial charge < -0.3 is 14.2 Å². The fraction of sp³-hybridized carbons (Fsp3) is 0.650. The van der Waals surface area contributed by atoms with Crippen molar-refractivity contribution >= 4 is 17.7 Å². The minimum atomic E-state index is -0.685. The summed E-state index contributed by atoms with van der Waals surface area (Å²) in [6, 6.07) is 7.61. The van der Waals surface area contributed by atoms with E-state index in [1.165, 1.54) is 0 Å². The molecule has 2 rings (SSSR count). The van der Waals surface area contributed by atoms with Crippen molar-refractivity contribution in [1.29, 1.82) is 0 Å². The zero-order valence-corrected chi connectivity index (χ0v) is 17.3. The molecule has 1 heterocycles. The molecule has 0 spiro atoms. The molecule has 2 atom stereocenters. The number of carbonyl (C=O) groups is 1. The number of ether oxygens (including phenoxy) is 3. The van der Waals surface area contributed by atoms with Crippen molar-refractivity contribution in [3.63, 3.8) is 0 Å². The van der Waals surface area contributed by atoms with Gasteiger partial charge in [-0.2, -0.15) is 0 Å². The third kappa shape index (κ3) is 5.35. The molecule has 0 saturated carbocycles. The summed E-state index contributed by atoms with van der Waals surface area (Å²) in [6.45, 7) is 9.87. The molecule has 0 bridgehead atoms. The van der Waals surface area contributed by atoms with Crippen LogP contribution >= 0.6 is 11.6 Å². The van der Waals surface area contributed by atoms with Crippen LogP contribution in [0.25, 0.3) is 0 Å². The number of halogens is 1. The SMILES string of the molecule is CO[C@@H](CCC1COC(C)(C)N1C(=O)OC(C)(C)C)c1ccc(Cl)cc1. The van der Waals surface area contributed by atoms with Crippen LogP contribution in [0.3, 0.4) is 0 Å². The Morgan fingerprint density at radius 3 is 2.50 bits per heavy atom. The average Bonchev–Trinajstić information content (AvgIpc) is 2.82. The highest BCUT2D eigenvalue weighted by Crippen LogP contribution is 2.33. The maximum Gasteiger partial charge on any atom is 0.412 e. The zero-order chi connectivity index (χ0) is 19.5. The Balaban J connectivity index is 2.06. The number of carbonyl (C=O) groups excluding carboxylic acids is 1. The van der Waals surface area contributed by atoms with Gasteiger partial charge in [-0.05, 0) is 65.2 Å². The normalized spacial score (nSPS) is 20.9. The Morgan fingerprint density at radius 1 is 1.35 bits per heavy atom. The lowest BCUT2D eigenvalue weighted by Gasteiger charge is -2.35. The van der Waals surface area contributed by atoms with Crippen molar-refractivity contribution < 1.29 is 19.0 Å². The molecule has 1 aliphatic rings. The molecule has 0 N–H and O–H groups in total. The van der Waals surface area contributed by atoms with E-state index in [1.54, 1.807) is 12.0 Å². The van der Waals surface area contributed by atoms with Gasteiger partial charge in [0.25, 0.3) is 0 Å². The summed E-state index contributed by atoms with van der Waals surface area (Å²) in [7, 11) is 1.69. The van der Waals surface area contributed by atoms with Crippen LogP contribution in [0, 0.1) is 0 Å². The lowest BCUT2D eigenvalue weighted by atomic mass is 10.0. The standard InChI is InChI=1S/C20H30ClNO4/c1-19(2,3)26-18(23)22-16(13-25-20(22,4)5)11-12-17(24-6)14-7-9-15(21)10-8-14/h7-10,16-17H,11-13H2,1-6H3/t16?,17-/m0/s1. The quantitative estimate of drug-likeness (QED) is 0.702. The van der Waals surface area contributed by atoms with Gasteiger partial charge in [0, 0.05) is 12.1 Å². The smallest absolute Gasteiger partial charge is 0.412 e. The van der Waals surface area contributed by atoms with Gasteiger partial charge in [-0.25, -0.2) is 4.79 Å². The minimum absolute atomic E-state index is 0.0511. The number of hydrogen-bond acceptors (Lipinski definition) is 4. The Bertz CT molecular complexity index is 609. The number of rotatable bonds is 5. The van der Waals surface area contributed by atoms with Gasteiger partial charge in [0.1, 0.15) is 11.3 Å². The van der Waals surface area contributed by atoms with Crippen LogP contribution in [-0.2, 0) is 14.2 Å². The molecular weight excluding hydrogens is 354 g/mol. The molecule has 0 radical (unpaired) electrons. The topological polar surface area (TPSA) is 48.0 Å². The first-order valence-electron chi connectivity index (χ1n) is 8.98. The van der Waals surface area contributed by atoms with Gasteiger partial charge >= 0.3 is 6.09 Å². The van der Waals surface area contributed by atoms with Crippen LogP contribution < -0.4 is 0 Å². The molecule has 146 valence electrons. The van der Waals surface area contributed by atoms with E-state index in [9.17, 15) is 4.79 Å². The Hall–Kier alpha value is -1.30. The summed E-state index contributed by atoms with van der Waals surface area (Å²) in [5, 5.41) is 0.700. The van der Waals surface area contributed by atoms with E-state index >= 15 is 0 Å². The highest BCUT2D eigenvalue weighted by Gasteiger charge is 2.45. The fourth-order valence-electron chi connectivity index (χ4n) is 3.22. The van der Waals surface area contributed by atoms with E-state index in [0.717, 1.165) is 18.4 Å². The molecule has 1 amide bonds. The van der Waals surface area contributed by atoms with E-state index in [4.69, 9.17) is 25.8 Å². The van der Waals surface area contributed by atoms with Crippen LogP contribution in [0.2, 0.25) is 5.02 Å². The van der Waals surface area contributed by atoms with Crippen molar-refractivity contribution in [2.75, 3.05) is 13.7 Å². The van der Waals surface area contributed by atoms with Crippen molar-refractivity contribution in [2.24, 2.45) is 0 Å². The molecule has 1 saturated heterocycles. The van der Waals surface area contributed by atoms with Gasteiger partial charge in [0.2, 0.25) is 0 Å². The molecule has 5 nitrogen and oxygen atoms in total. The fourth-order valence-corrected chi connectivity index (χ4v) is 3.34. The third-order valence-corrected chi connectivity index (χ3v) is 4.70. The van der Waals surface area contributed by atoms with Crippen LogP contribution in [0.1, 0.15) is 59.1 Å². The molecule has 1 aromatic carbocycles. The van der Waals surface area contributed by atoms with Crippen LogP contribution in [0.15, 0.2) is 24.3 Å². The van der Waals surface area contributed by atoms with Crippen molar-refractivity contribution in [3.05, 3.63) is 34.9 Å². The van der Waals surface area contributed by atoms with Gasteiger partial charge in [0.15, 0.2) is 0 Å². The van der Waals surface area contributed by atoms with Crippen molar-refractivity contribution in [1.82, 2.24) is 4.90 Å². The highest BCUT2D eigenvalue weighted by atomic mass is 35.5. The summed E-state index contributed by atoms with van der Waals surface area (Å²) in [5.74, 6) is 0. The molecule has 1 fully saturated rings. The van der Waals surface area contributed by atoms with Crippen LogP contribution in [0.4, 0.5) is 4.79 Å². The first-order valence-corrected chi connectivity index (χ1v) is 9.36. The molecular formula is C20H30ClNO4. The lowest BCUT2D eigenvalue weighted by molar-refractivity contribution is -0.0631. The summed E-state index contributed by atoms with van der Waals surface area (Å²) in [6.07, 6.45) is 1.12. The van der Waals surface area contributed by atoms with E-state index in [1.807, 2.05) is 58.9 Å². The zero-order valence-electron chi connectivity index (χ0n) is 16.5. The van der Waals surface area contributed by atoms with Crippen molar-refractivity contribution in [2.45, 2.75) is 70.9 Å². The predicted octanol–water partition coefficient (Wildman–Crippen LogP) is 5.18. The Labute approximate surface area is 161 Å². The second kappa shape index (κ2) is 8.15. The predicted molar refractivity (Wildman–Crippen MR) is 102 cm³/mol. The van der Waals surface area contributed by atoms with E-state index in [0.29, 0.717) is 11.6 Å². The number of nitrogens with zero attached hydrogens (tertiary/aromatic N) is 1. The Kier molecular flexibility index (Phi) is 6.59. The lowest BCUT2D eigenvalue weighted by Crippen LogP contribution is -2.49. The first kappa shape index (κ1) is 21.0. The van der Waals surface area contributed by atoms with Crippen LogP contribution in [0.5, 0.6) is 0 Å². The molecule has 0 aliphatic carbocycles. The second-order valence-electron chi connectivity index (χ2n) is 8.12. The molecule has 6 heteroatoms. The van der Waals surface area contributed by atoms with Crippen molar-refractivity contribution in [3.8, 4) is 0 Å². The first-order chi connectivity index (χ1) is 12.0. The van der Waals surface area contributed by atoms with Gasteiger partial charge in [0.05, 0.1) is 18.8 Å². The van der Waals surface area contributed by atoms with Gasteiger partial charge in [-0.15, -0.1) is 0 Å². The second-order valence-corrected chi connectivity index (χ2v) is 8.55. The van der Waals surface area contributed by atoms with Gasteiger partial charge in [-0.1, -0.05) is 23.7 Å². The minimum Gasteiger partial charge on any atom is -0.444 e. The molecule has 0 aromatic heterocycles. The number of hydrogen-bond donors (Lipinski definition) is 0. The highest BCUT2D eigenvalue weighted by molar-refractivity contribution is 6.30. The largest absolute Gasteiger partial charge is 0.444 e. The van der Waals surface area contributed by atoms with Crippen LogP contribution in [-0.4, -0.2) is 42.1 Å². The summed E-state index contributed by atoms with van der Waals surface area (Å²) in [4.78, 5) is 14.4.